The van der Waals surface area contributed by atoms with E-state index in [1.807, 2.05) is 12.1 Å². The summed E-state index contributed by atoms with van der Waals surface area (Å²) in [7, 11) is 3.26. The van der Waals surface area contributed by atoms with Crippen LogP contribution in [0.15, 0.2) is 23.4 Å². The first-order valence-corrected chi connectivity index (χ1v) is 9.07. The van der Waals surface area contributed by atoms with E-state index in [1.54, 1.807) is 21.1 Å². The Morgan fingerprint density at radius 1 is 1.19 bits per heavy atom. The molecule has 0 bridgehead atoms. The number of carbonyl (C=O) groups is 2. The summed E-state index contributed by atoms with van der Waals surface area (Å²) in [6.07, 6.45) is 0.888. The first-order chi connectivity index (χ1) is 13.0. The van der Waals surface area contributed by atoms with Crippen molar-refractivity contribution in [2.24, 2.45) is 0 Å². The monoisotopic (exact) mass is 376 g/mol. The molecule has 2 heterocycles. The lowest BCUT2D eigenvalue weighted by Crippen LogP contribution is -3.12. The molecular formula is C19H26N3O5+. The number of nitrogens with one attached hydrogen (secondary N) is 3. The summed E-state index contributed by atoms with van der Waals surface area (Å²) in [5, 5.41) is 5.41. The number of esters is 1. The van der Waals surface area contributed by atoms with E-state index in [-0.39, 0.29) is 18.5 Å². The summed E-state index contributed by atoms with van der Waals surface area (Å²) in [5.74, 6) is 1.06. The zero-order valence-corrected chi connectivity index (χ0v) is 15.9. The molecule has 0 saturated carbocycles. The van der Waals surface area contributed by atoms with Gasteiger partial charge in [0, 0.05) is 12.0 Å². The molecule has 3 N–H and O–H groups in total. The number of methoxy groups -OCH3 is 2. The van der Waals surface area contributed by atoms with E-state index in [0.717, 1.165) is 25.3 Å². The number of hydrogen-bond donors (Lipinski definition) is 3. The smallest absolute Gasteiger partial charge is 0.337 e. The number of fused-ring (bicyclic) bond motifs is 1. The summed E-state index contributed by atoms with van der Waals surface area (Å²) in [6.45, 7) is 4.48. The highest BCUT2D eigenvalue weighted by Gasteiger charge is 2.29. The molecule has 0 fully saturated rings. The van der Waals surface area contributed by atoms with Crippen molar-refractivity contribution >= 4 is 12.0 Å². The number of ether oxygens (including phenoxy) is 3. The third-order valence-electron chi connectivity index (χ3n) is 4.90. The molecule has 8 nitrogen and oxygen atoms in total. The molecule has 2 amide bonds. The summed E-state index contributed by atoms with van der Waals surface area (Å²) in [6, 6.07) is 3.75. The second-order valence-electron chi connectivity index (χ2n) is 6.56. The predicted octanol–water partition coefficient (Wildman–Crippen LogP) is -0.225. The van der Waals surface area contributed by atoms with Crippen LogP contribution in [0.2, 0.25) is 0 Å². The average molecular weight is 376 g/mol. The maximum Gasteiger partial charge on any atom is 0.337 e. The van der Waals surface area contributed by atoms with Gasteiger partial charge < -0.3 is 29.7 Å². The maximum atomic E-state index is 12.2. The van der Waals surface area contributed by atoms with Gasteiger partial charge in [-0.25, -0.2) is 9.59 Å². The molecule has 2 aliphatic rings. The molecule has 1 aromatic carbocycles. The van der Waals surface area contributed by atoms with Crippen LogP contribution in [-0.4, -0.2) is 52.5 Å². The lowest BCUT2D eigenvalue weighted by Gasteiger charge is -2.29. The molecule has 0 aromatic heterocycles. The van der Waals surface area contributed by atoms with Crippen molar-refractivity contribution in [3.8, 4) is 11.5 Å². The van der Waals surface area contributed by atoms with E-state index in [2.05, 4.69) is 10.6 Å². The van der Waals surface area contributed by atoms with Gasteiger partial charge in [-0.1, -0.05) is 0 Å². The van der Waals surface area contributed by atoms with Crippen LogP contribution < -0.4 is 25.0 Å². The fraction of sp³-hybridized carbons (Fsp3) is 0.474. The number of hydrogen-bond acceptors (Lipinski definition) is 5. The molecule has 27 heavy (non-hydrogen) atoms. The summed E-state index contributed by atoms with van der Waals surface area (Å²) in [4.78, 5) is 25.2. The first kappa shape index (κ1) is 19.0. The fourth-order valence-electron chi connectivity index (χ4n) is 3.53. The second-order valence-corrected chi connectivity index (χ2v) is 6.56. The molecule has 1 atom stereocenters. The van der Waals surface area contributed by atoms with Gasteiger partial charge in [0.15, 0.2) is 11.5 Å². The first-order valence-electron chi connectivity index (χ1n) is 9.07. The maximum absolute atomic E-state index is 12.2. The molecule has 0 spiro atoms. The van der Waals surface area contributed by atoms with Gasteiger partial charge in [0.25, 0.3) is 0 Å². The summed E-state index contributed by atoms with van der Waals surface area (Å²) >= 11 is 0. The van der Waals surface area contributed by atoms with Crippen LogP contribution in [-0.2, 0) is 22.5 Å². The highest BCUT2D eigenvalue weighted by Crippen LogP contribution is 2.31. The van der Waals surface area contributed by atoms with Crippen molar-refractivity contribution in [1.29, 1.82) is 0 Å². The van der Waals surface area contributed by atoms with E-state index in [4.69, 9.17) is 14.2 Å². The van der Waals surface area contributed by atoms with Gasteiger partial charge in [0.1, 0.15) is 13.1 Å². The van der Waals surface area contributed by atoms with Crippen LogP contribution in [0.4, 0.5) is 4.79 Å². The number of rotatable bonds is 6. The largest absolute Gasteiger partial charge is 0.493 e. The van der Waals surface area contributed by atoms with Crippen molar-refractivity contribution in [3.63, 3.8) is 0 Å². The van der Waals surface area contributed by atoms with Crippen molar-refractivity contribution in [3.05, 3.63) is 34.5 Å². The zero-order valence-electron chi connectivity index (χ0n) is 15.9. The Kier molecular flexibility index (Phi) is 5.85. The second kappa shape index (κ2) is 8.30. The van der Waals surface area contributed by atoms with Crippen LogP contribution in [0.5, 0.6) is 11.5 Å². The van der Waals surface area contributed by atoms with E-state index < -0.39 is 0 Å². The van der Waals surface area contributed by atoms with E-state index in [1.165, 1.54) is 16.0 Å². The van der Waals surface area contributed by atoms with Gasteiger partial charge in [0.2, 0.25) is 0 Å². The molecule has 1 unspecified atom stereocenters. The van der Waals surface area contributed by atoms with Gasteiger partial charge in [-0.05, 0) is 24.6 Å². The Morgan fingerprint density at radius 2 is 1.89 bits per heavy atom. The average Bonchev–Trinajstić information content (AvgIpc) is 2.67. The lowest BCUT2D eigenvalue weighted by molar-refractivity contribution is -0.911. The highest BCUT2D eigenvalue weighted by molar-refractivity contribution is 5.93. The number of urea groups is 1. The highest BCUT2D eigenvalue weighted by atomic mass is 16.5. The third kappa shape index (κ3) is 4.16. The molecular weight excluding hydrogens is 350 g/mol. The van der Waals surface area contributed by atoms with Crippen LogP contribution in [0.1, 0.15) is 18.1 Å². The standard InChI is InChI=1S/C19H25N3O5/c1-4-27-18(23)14-9-20-19(24)21-15(14)11-22-6-5-12-7-16(25-2)17(26-3)8-13(12)10-22/h7-8H,4-6,9-11H2,1-3H3,(H2,20,21,24)/p+1. The van der Waals surface area contributed by atoms with Crippen molar-refractivity contribution < 1.29 is 28.7 Å². The number of quaternary nitrogens is 1. The fourth-order valence-corrected chi connectivity index (χ4v) is 3.53. The van der Waals surface area contributed by atoms with Gasteiger partial charge in [-0.15, -0.1) is 0 Å². The van der Waals surface area contributed by atoms with Crippen molar-refractivity contribution in [2.75, 3.05) is 40.5 Å². The van der Waals surface area contributed by atoms with Gasteiger partial charge in [0.05, 0.1) is 45.2 Å². The Balaban J connectivity index is 1.80. The van der Waals surface area contributed by atoms with Gasteiger partial charge in [-0.2, -0.15) is 0 Å². The molecule has 3 rings (SSSR count). The molecule has 1 aromatic rings. The van der Waals surface area contributed by atoms with Crippen molar-refractivity contribution in [1.82, 2.24) is 10.6 Å². The molecule has 2 aliphatic heterocycles. The van der Waals surface area contributed by atoms with Gasteiger partial charge >= 0.3 is 12.0 Å². The predicted molar refractivity (Wildman–Crippen MR) is 97.8 cm³/mol. The Labute approximate surface area is 158 Å². The zero-order chi connectivity index (χ0) is 19.4. The summed E-state index contributed by atoms with van der Waals surface area (Å²) < 4.78 is 15.9. The van der Waals surface area contributed by atoms with Crippen LogP contribution in [0.3, 0.4) is 0 Å². The van der Waals surface area contributed by atoms with Crippen LogP contribution >= 0.6 is 0 Å². The minimum Gasteiger partial charge on any atom is -0.493 e. The molecule has 146 valence electrons. The molecule has 0 saturated heterocycles. The topological polar surface area (TPSA) is 90.3 Å². The molecule has 0 aliphatic carbocycles. The van der Waals surface area contributed by atoms with E-state index >= 15 is 0 Å². The normalized spacial score (nSPS) is 18.9. The Bertz CT molecular complexity index is 775. The SMILES string of the molecule is CCOC(=O)C1=C(C[NH+]2CCc3cc(OC)c(OC)cc3C2)NC(=O)NC1. The number of carbonyl (C=O) groups excluding carboxylic acids is 2. The number of benzene rings is 1. The van der Waals surface area contributed by atoms with E-state index in [9.17, 15) is 9.59 Å². The minimum absolute atomic E-state index is 0.189. The Hall–Kier alpha value is -2.74. The lowest BCUT2D eigenvalue weighted by atomic mass is 9.98. The molecule has 0 radical (unpaired) electrons. The quantitative estimate of drug-likeness (QED) is 0.597. The Morgan fingerprint density at radius 3 is 2.56 bits per heavy atom. The van der Waals surface area contributed by atoms with Gasteiger partial charge in [-0.3, -0.25) is 0 Å². The van der Waals surface area contributed by atoms with Crippen LogP contribution in [0, 0.1) is 0 Å². The van der Waals surface area contributed by atoms with E-state index in [0.29, 0.717) is 30.2 Å². The number of amides is 2. The van der Waals surface area contributed by atoms with Crippen molar-refractivity contribution in [2.45, 2.75) is 19.9 Å². The molecule has 8 heteroatoms. The summed E-state index contributed by atoms with van der Waals surface area (Å²) in [5.41, 5.74) is 3.55. The van der Waals surface area contributed by atoms with Crippen LogP contribution in [0.25, 0.3) is 0 Å². The third-order valence-corrected chi connectivity index (χ3v) is 4.90. The minimum atomic E-state index is -0.386.